The summed E-state index contributed by atoms with van der Waals surface area (Å²) in [4.78, 5) is 15.4. The molecule has 0 saturated heterocycles. The van der Waals surface area contributed by atoms with Gasteiger partial charge >= 0.3 is 0 Å². The molecule has 8 nitrogen and oxygen atoms in total. The molecule has 8 heteroatoms. The highest BCUT2D eigenvalue weighted by atomic mass is 16.5. The third kappa shape index (κ3) is 6.38. The van der Waals surface area contributed by atoms with Gasteiger partial charge in [-0.15, -0.1) is 10.2 Å². The molecule has 1 atom stereocenters. The smallest absolute Gasteiger partial charge is 0.287 e. The van der Waals surface area contributed by atoms with Crippen LogP contribution in [0, 0.1) is 5.92 Å². The fourth-order valence-electron chi connectivity index (χ4n) is 4.59. The van der Waals surface area contributed by atoms with E-state index in [-0.39, 0.29) is 17.7 Å². The average molecular weight is 480 g/mol. The highest BCUT2D eigenvalue weighted by molar-refractivity contribution is 5.91. The van der Waals surface area contributed by atoms with Gasteiger partial charge in [0.05, 0.1) is 6.04 Å². The maximum Gasteiger partial charge on any atom is 0.287 e. The zero-order valence-corrected chi connectivity index (χ0v) is 21.3. The summed E-state index contributed by atoms with van der Waals surface area (Å²) in [7, 11) is 1.60. The molecule has 0 unspecified atom stereocenters. The first-order chi connectivity index (χ1) is 17.0. The molecule has 3 heterocycles. The molecular formula is C27H37N5O3. The first-order valence-electron chi connectivity index (χ1n) is 12.6. The number of hydrogen-bond donors (Lipinski definition) is 1. The lowest BCUT2D eigenvalue weighted by molar-refractivity contribution is 0.0892. The van der Waals surface area contributed by atoms with E-state index in [0.29, 0.717) is 18.3 Å². The second kappa shape index (κ2) is 11.6. The number of fused-ring (bicyclic) bond motifs is 1. The van der Waals surface area contributed by atoms with E-state index in [4.69, 9.17) is 9.15 Å². The molecule has 0 bridgehead atoms. The Kier molecular flexibility index (Phi) is 8.36. The van der Waals surface area contributed by atoms with Gasteiger partial charge in [-0.05, 0) is 42.0 Å². The molecule has 188 valence electrons. The molecule has 0 fully saturated rings. The Balaban J connectivity index is 1.46. The SMILES string of the molecule is CCc1ccc(CN2CCc3nnc([C@H](CC(C)C)NC(=O)c4ccc(COC)o4)n3CC2)cc1. The van der Waals surface area contributed by atoms with Crippen molar-refractivity contribution in [3.63, 3.8) is 0 Å². The monoisotopic (exact) mass is 479 g/mol. The standard InChI is InChI=1S/C27H37N5O3/c1-5-20-6-8-21(9-7-20)17-31-13-12-25-29-30-26(32(25)15-14-31)23(16-19(2)3)28-27(33)24-11-10-22(35-24)18-34-4/h6-11,19,23H,5,12-18H2,1-4H3,(H,28,33)/t23-/m0/s1. The van der Waals surface area contributed by atoms with Crippen LogP contribution in [0.4, 0.5) is 0 Å². The van der Waals surface area contributed by atoms with E-state index in [1.165, 1.54) is 11.1 Å². The van der Waals surface area contributed by atoms with E-state index in [2.05, 4.69) is 70.0 Å². The quantitative estimate of drug-likeness (QED) is 0.470. The van der Waals surface area contributed by atoms with Crippen molar-refractivity contribution < 1.29 is 13.9 Å². The number of carbonyl (C=O) groups is 1. The van der Waals surface area contributed by atoms with E-state index in [1.807, 2.05) is 0 Å². The lowest BCUT2D eigenvalue weighted by Crippen LogP contribution is -2.32. The van der Waals surface area contributed by atoms with Gasteiger partial charge in [0.25, 0.3) is 5.91 Å². The van der Waals surface area contributed by atoms with Crippen molar-refractivity contribution in [1.82, 2.24) is 25.0 Å². The summed E-state index contributed by atoms with van der Waals surface area (Å²) in [5.41, 5.74) is 2.69. The van der Waals surface area contributed by atoms with E-state index in [9.17, 15) is 4.79 Å². The number of ether oxygens (including phenoxy) is 1. The van der Waals surface area contributed by atoms with Crippen LogP contribution in [0.2, 0.25) is 0 Å². The number of nitrogens with one attached hydrogen (secondary N) is 1. The number of aryl methyl sites for hydroxylation is 1. The number of furan rings is 1. The Bertz CT molecular complexity index is 1100. The molecule has 1 N–H and O–H groups in total. The first-order valence-corrected chi connectivity index (χ1v) is 12.6. The van der Waals surface area contributed by atoms with E-state index >= 15 is 0 Å². The zero-order chi connectivity index (χ0) is 24.8. The lowest BCUT2D eigenvalue weighted by atomic mass is 10.0. The number of amides is 1. The molecule has 3 aromatic rings. The molecule has 1 aliphatic rings. The van der Waals surface area contributed by atoms with Crippen molar-refractivity contribution in [3.05, 3.63) is 70.7 Å². The molecular weight excluding hydrogens is 442 g/mol. The average Bonchev–Trinajstić information content (AvgIpc) is 3.43. The molecule has 2 aromatic heterocycles. The summed E-state index contributed by atoms with van der Waals surface area (Å²) in [6.07, 6.45) is 2.66. The van der Waals surface area contributed by atoms with Gasteiger partial charge in [0.15, 0.2) is 11.6 Å². The first kappa shape index (κ1) is 25.1. The normalized spacial score (nSPS) is 15.1. The molecule has 0 spiro atoms. The summed E-state index contributed by atoms with van der Waals surface area (Å²) in [5, 5.41) is 12.2. The van der Waals surface area contributed by atoms with Gasteiger partial charge in [0, 0.05) is 39.7 Å². The minimum atomic E-state index is -0.249. The van der Waals surface area contributed by atoms with Crippen molar-refractivity contribution >= 4 is 5.91 Å². The fraction of sp³-hybridized carbons (Fsp3) is 0.519. The molecule has 0 saturated carbocycles. The third-order valence-electron chi connectivity index (χ3n) is 6.48. The summed E-state index contributed by atoms with van der Waals surface area (Å²) in [5.74, 6) is 2.83. The van der Waals surface area contributed by atoms with Crippen LogP contribution < -0.4 is 5.32 Å². The van der Waals surface area contributed by atoms with Crippen LogP contribution in [-0.4, -0.2) is 45.8 Å². The van der Waals surface area contributed by atoms with Gasteiger partial charge in [-0.25, -0.2) is 0 Å². The highest BCUT2D eigenvalue weighted by Crippen LogP contribution is 2.24. The largest absolute Gasteiger partial charge is 0.453 e. The van der Waals surface area contributed by atoms with Gasteiger partial charge in [-0.2, -0.15) is 0 Å². The Morgan fingerprint density at radius 1 is 1.09 bits per heavy atom. The van der Waals surface area contributed by atoms with Crippen LogP contribution in [0.1, 0.15) is 72.3 Å². The topological polar surface area (TPSA) is 85.4 Å². The van der Waals surface area contributed by atoms with Gasteiger partial charge < -0.3 is 19.0 Å². The number of carbonyl (C=O) groups excluding carboxylic acids is 1. The van der Waals surface area contributed by atoms with Crippen LogP contribution in [0.3, 0.4) is 0 Å². The van der Waals surface area contributed by atoms with Crippen molar-refractivity contribution in [2.24, 2.45) is 5.92 Å². The zero-order valence-electron chi connectivity index (χ0n) is 21.3. The molecule has 35 heavy (non-hydrogen) atoms. The number of hydrogen-bond acceptors (Lipinski definition) is 6. The predicted molar refractivity (Wildman–Crippen MR) is 134 cm³/mol. The van der Waals surface area contributed by atoms with Gasteiger partial charge in [0.2, 0.25) is 0 Å². The van der Waals surface area contributed by atoms with Crippen LogP contribution in [-0.2, 0) is 37.3 Å². The number of benzene rings is 1. The highest BCUT2D eigenvalue weighted by Gasteiger charge is 2.27. The van der Waals surface area contributed by atoms with Crippen molar-refractivity contribution in [1.29, 1.82) is 0 Å². The van der Waals surface area contributed by atoms with Gasteiger partial charge in [0.1, 0.15) is 18.2 Å². The molecule has 1 aliphatic heterocycles. The van der Waals surface area contributed by atoms with Crippen LogP contribution in [0.15, 0.2) is 40.8 Å². The number of rotatable bonds is 10. The van der Waals surface area contributed by atoms with Gasteiger partial charge in [-0.1, -0.05) is 45.0 Å². The molecule has 1 amide bonds. The fourth-order valence-corrected chi connectivity index (χ4v) is 4.59. The van der Waals surface area contributed by atoms with Crippen molar-refractivity contribution in [2.45, 2.75) is 65.8 Å². The van der Waals surface area contributed by atoms with E-state index < -0.39 is 0 Å². The number of nitrogens with zero attached hydrogens (tertiary/aromatic N) is 4. The Morgan fingerprint density at radius 2 is 1.86 bits per heavy atom. The van der Waals surface area contributed by atoms with Crippen LogP contribution >= 0.6 is 0 Å². The second-order valence-electron chi connectivity index (χ2n) is 9.68. The van der Waals surface area contributed by atoms with E-state index in [0.717, 1.165) is 57.1 Å². The van der Waals surface area contributed by atoms with Gasteiger partial charge in [-0.3, -0.25) is 9.69 Å². The lowest BCUT2D eigenvalue weighted by Gasteiger charge is -2.22. The maximum absolute atomic E-state index is 13.0. The maximum atomic E-state index is 13.0. The van der Waals surface area contributed by atoms with Crippen molar-refractivity contribution in [2.75, 3.05) is 20.2 Å². The summed E-state index contributed by atoms with van der Waals surface area (Å²) >= 11 is 0. The number of aromatic nitrogens is 3. The Hall–Kier alpha value is -2.97. The molecule has 1 aromatic carbocycles. The second-order valence-corrected chi connectivity index (χ2v) is 9.68. The van der Waals surface area contributed by atoms with Crippen molar-refractivity contribution in [3.8, 4) is 0 Å². The summed E-state index contributed by atoms with van der Waals surface area (Å²) in [6.45, 7) is 10.4. The third-order valence-corrected chi connectivity index (χ3v) is 6.48. The minimum Gasteiger partial charge on any atom is -0.453 e. The van der Waals surface area contributed by atoms with Crippen LogP contribution in [0.5, 0.6) is 0 Å². The minimum absolute atomic E-state index is 0.243. The van der Waals surface area contributed by atoms with E-state index in [1.54, 1.807) is 19.2 Å². The summed E-state index contributed by atoms with van der Waals surface area (Å²) < 4.78 is 12.9. The molecule has 0 radical (unpaired) electrons. The molecule has 0 aliphatic carbocycles. The predicted octanol–water partition coefficient (Wildman–Crippen LogP) is 4.16. The Morgan fingerprint density at radius 3 is 2.57 bits per heavy atom. The van der Waals surface area contributed by atoms with Crippen LogP contribution in [0.25, 0.3) is 0 Å². The summed E-state index contributed by atoms with van der Waals surface area (Å²) in [6, 6.07) is 12.1. The number of methoxy groups -OCH3 is 1. The Labute approximate surface area is 207 Å². The molecule has 4 rings (SSSR count).